The second-order valence-corrected chi connectivity index (χ2v) is 4.94. The molecule has 0 saturated carbocycles. The van der Waals surface area contributed by atoms with E-state index < -0.39 is 0 Å². The van der Waals surface area contributed by atoms with Crippen LogP contribution < -0.4 is 5.32 Å². The maximum Gasteiger partial charge on any atom is 0.0643 e. The normalized spacial score (nSPS) is 33.7. The van der Waals surface area contributed by atoms with E-state index in [1.54, 1.807) is 5.57 Å². The standard InChI is InChI=1S/C12H21NO/c1-9-3-10(2)5-11(4-9)6-13-12-7-14-8-12/h3,9,11-13H,4-8H2,1-2H3. The Bertz CT molecular complexity index is 220. The predicted molar refractivity (Wildman–Crippen MR) is 58.3 cm³/mol. The number of nitrogens with one attached hydrogen (secondary N) is 1. The molecule has 2 unspecified atom stereocenters. The SMILES string of the molecule is CC1=CC(C)CC(CNC2COC2)C1. The Hall–Kier alpha value is -0.340. The smallest absolute Gasteiger partial charge is 0.0643 e. The van der Waals surface area contributed by atoms with Crippen LogP contribution in [0.4, 0.5) is 0 Å². The third-order valence-corrected chi connectivity index (χ3v) is 3.22. The van der Waals surface area contributed by atoms with Crippen molar-refractivity contribution in [1.82, 2.24) is 5.32 Å². The van der Waals surface area contributed by atoms with Gasteiger partial charge in [-0.2, -0.15) is 0 Å². The number of rotatable bonds is 3. The maximum absolute atomic E-state index is 5.14. The molecule has 80 valence electrons. The molecule has 0 bridgehead atoms. The predicted octanol–water partition coefficient (Wildman–Crippen LogP) is 1.97. The Labute approximate surface area is 86.7 Å². The zero-order chi connectivity index (χ0) is 9.97. The topological polar surface area (TPSA) is 21.3 Å². The highest BCUT2D eigenvalue weighted by Crippen LogP contribution is 2.27. The van der Waals surface area contributed by atoms with Gasteiger partial charge in [-0.1, -0.05) is 18.6 Å². The van der Waals surface area contributed by atoms with Crippen LogP contribution >= 0.6 is 0 Å². The molecular weight excluding hydrogens is 174 g/mol. The van der Waals surface area contributed by atoms with E-state index in [0.717, 1.165) is 25.0 Å². The summed E-state index contributed by atoms with van der Waals surface area (Å²) in [4.78, 5) is 0. The van der Waals surface area contributed by atoms with Gasteiger partial charge in [0.1, 0.15) is 0 Å². The second-order valence-electron chi connectivity index (χ2n) is 4.94. The quantitative estimate of drug-likeness (QED) is 0.695. The van der Waals surface area contributed by atoms with E-state index in [-0.39, 0.29) is 0 Å². The molecule has 1 fully saturated rings. The highest BCUT2D eigenvalue weighted by Gasteiger charge is 2.22. The van der Waals surface area contributed by atoms with Crippen molar-refractivity contribution >= 4 is 0 Å². The van der Waals surface area contributed by atoms with E-state index in [0.29, 0.717) is 6.04 Å². The van der Waals surface area contributed by atoms with Crippen molar-refractivity contribution in [1.29, 1.82) is 0 Å². The number of hydrogen-bond acceptors (Lipinski definition) is 2. The van der Waals surface area contributed by atoms with Crippen LogP contribution in [0.2, 0.25) is 0 Å². The van der Waals surface area contributed by atoms with E-state index >= 15 is 0 Å². The lowest BCUT2D eigenvalue weighted by atomic mass is 9.83. The Morgan fingerprint density at radius 3 is 2.86 bits per heavy atom. The summed E-state index contributed by atoms with van der Waals surface area (Å²) in [5, 5.41) is 3.58. The molecule has 0 aromatic rings. The third kappa shape index (κ3) is 2.58. The van der Waals surface area contributed by atoms with E-state index in [4.69, 9.17) is 4.74 Å². The van der Waals surface area contributed by atoms with E-state index in [9.17, 15) is 0 Å². The van der Waals surface area contributed by atoms with Crippen LogP contribution in [-0.4, -0.2) is 25.8 Å². The Morgan fingerprint density at radius 2 is 2.29 bits per heavy atom. The van der Waals surface area contributed by atoms with Gasteiger partial charge >= 0.3 is 0 Å². The van der Waals surface area contributed by atoms with E-state index in [2.05, 4.69) is 25.2 Å². The highest BCUT2D eigenvalue weighted by molar-refractivity contribution is 5.06. The molecule has 1 N–H and O–H groups in total. The Kier molecular flexibility index (Phi) is 3.24. The molecule has 0 aromatic carbocycles. The fourth-order valence-corrected chi connectivity index (χ4v) is 2.53. The molecule has 2 rings (SSSR count). The van der Waals surface area contributed by atoms with Crippen molar-refractivity contribution in [2.45, 2.75) is 32.7 Å². The minimum Gasteiger partial charge on any atom is -0.378 e. The molecule has 1 saturated heterocycles. The highest BCUT2D eigenvalue weighted by atomic mass is 16.5. The summed E-state index contributed by atoms with van der Waals surface area (Å²) in [6.07, 6.45) is 5.05. The van der Waals surface area contributed by atoms with Crippen molar-refractivity contribution in [2.24, 2.45) is 11.8 Å². The van der Waals surface area contributed by atoms with Crippen molar-refractivity contribution in [3.8, 4) is 0 Å². The van der Waals surface area contributed by atoms with Gasteiger partial charge in [-0.05, 0) is 38.1 Å². The van der Waals surface area contributed by atoms with Gasteiger partial charge in [0.15, 0.2) is 0 Å². The van der Waals surface area contributed by atoms with Crippen LogP contribution in [0.5, 0.6) is 0 Å². The molecule has 0 amide bonds. The van der Waals surface area contributed by atoms with Gasteiger partial charge in [-0.25, -0.2) is 0 Å². The number of ether oxygens (including phenoxy) is 1. The van der Waals surface area contributed by atoms with Crippen LogP contribution in [0.25, 0.3) is 0 Å². The average molecular weight is 195 g/mol. The van der Waals surface area contributed by atoms with Crippen LogP contribution in [0.3, 0.4) is 0 Å². The summed E-state index contributed by atoms with van der Waals surface area (Å²) in [6.45, 7) is 7.58. The fraction of sp³-hybridized carbons (Fsp3) is 0.833. The number of hydrogen-bond donors (Lipinski definition) is 1. The maximum atomic E-state index is 5.14. The van der Waals surface area contributed by atoms with Gasteiger partial charge in [0.05, 0.1) is 19.3 Å². The Balaban J connectivity index is 1.72. The van der Waals surface area contributed by atoms with Gasteiger partial charge in [-0.15, -0.1) is 0 Å². The molecule has 1 aliphatic heterocycles. The van der Waals surface area contributed by atoms with Gasteiger partial charge < -0.3 is 10.1 Å². The molecule has 2 aliphatic rings. The van der Waals surface area contributed by atoms with Crippen LogP contribution in [-0.2, 0) is 4.74 Å². The minimum atomic E-state index is 0.636. The largest absolute Gasteiger partial charge is 0.378 e. The van der Waals surface area contributed by atoms with Crippen LogP contribution in [0.15, 0.2) is 11.6 Å². The molecule has 1 aliphatic carbocycles. The number of allylic oxidation sites excluding steroid dienone is 2. The molecule has 0 spiro atoms. The van der Waals surface area contributed by atoms with Crippen molar-refractivity contribution < 1.29 is 4.74 Å². The third-order valence-electron chi connectivity index (χ3n) is 3.22. The van der Waals surface area contributed by atoms with Gasteiger partial charge in [0.2, 0.25) is 0 Å². The summed E-state index contributed by atoms with van der Waals surface area (Å²) in [5.74, 6) is 1.61. The second kappa shape index (κ2) is 4.45. The lowest BCUT2D eigenvalue weighted by molar-refractivity contribution is -0.00680. The van der Waals surface area contributed by atoms with E-state index in [1.165, 1.54) is 19.4 Å². The molecule has 2 nitrogen and oxygen atoms in total. The fourth-order valence-electron chi connectivity index (χ4n) is 2.53. The molecule has 1 heterocycles. The zero-order valence-electron chi connectivity index (χ0n) is 9.25. The summed E-state index contributed by atoms with van der Waals surface area (Å²) in [6, 6.07) is 0.636. The summed E-state index contributed by atoms with van der Waals surface area (Å²) >= 11 is 0. The first-order chi connectivity index (χ1) is 6.74. The lowest BCUT2D eigenvalue weighted by Gasteiger charge is -2.31. The Morgan fingerprint density at radius 1 is 1.50 bits per heavy atom. The van der Waals surface area contributed by atoms with Crippen molar-refractivity contribution in [3.63, 3.8) is 0 Å². The van der Waals surface area contributed by atoms with Crippen molar-refractivity contribution in [2.75, 3.05) is 19.8 Å². The molecule has 2 heteroatoms. The molecule has 2 atom stereocenters. The van der Waals surface area contributed by atoms with Crippen molar-refractivity contribution in [3.05, 3.63) is 11.6 Å². The first-order valence-electron chi connectivity index (χ1n) is 5.72. The van der Waals surface area contributed by atoms with Gasteiger partial charge in [0, 0.05) is 0 Å². The van der Waals surface area contributed by atoms with Gasteiger partial charge in [-0.3, -0.25) is 0 Å². The van der Waals surface area contributed by atoms with Crippen LogP contribution in [0.1, 0.15) is 26.7 Å². The first kappa shape index (κ1) is 10.2. The average Bonchev–Trinajstić information content (AvgIpc) is 1.99. The summed E-state index contributed by atoms with van der Waals surface area (Å²) < 4.78 is 5.14. The summed E-state index contributed by atoms with van der Waals surface area (Å²) in [5.41, 5.74) is 1.57. The zero-order valence-corrected chi connectivity index (χ0v) is 9.25. The lowest BCUT2D eigenvalue weighted by Crippen LogP contribution is -2.47. The van der Waals surface area contributed by atoms with E-state index in [1.807, 2.05) is 0 Å². The van der Waals surface area contributed by atoms with Gasteiger partial charge in [0.25, 0.3) is 0 Å². The molecular formula is C12H21NO. The molecule has 14 heavy (non-hydrogen) atoms. The van der Waals surface area contributed by atoms with Crippen LogP contribution in [0, 0.1) is 11.8 Å². The first-order valence-corrected chi connectivity index (χ1v) is 5.72. The summed E-state index contributed by atoms with van der Waals surface area (Å²) in [7, 11) is 0. The monoisotopic (exact) mass is 195 g/mol. The molecule has 0 radical (unpaired) electrons. The minimum absolute atomic E-state index is 0.636. The molecule has 0 aromatic heterocycles.